The van der Waals surface area contributed by atoms with Crippen LogP contribution in [0.5, 0.6) is 0 Å². The Kier molecular flexibility index (Phi) is 7.04. The van der Waals surface area contributed by atoms with E-state index >= 15 is 0 Å². The fourth-order valence-corrected chi connectivity index (χ4v) is 3.31. The van der Waals surface area contributed by atoms with Gasteiger partial charge in [0.25, 0.3) is 0 Å². The average molecular weight is 436 g/mol. The van der Waals surface area contributed by atoms with Crippen LogP contribution in [0.1, 0.15) is 43.0 Å². The van der Waals surface area contributed by atoms with Gasteiger partial charge < -0.3 is 19.8 Å². The maximum absolute atomic E-state index is 12.5. The maximum atomic E-state index is 12.5. The van der Waals surface area contributed by atoms with Crippen molar-refractivity contribution >= 4 is 34.4 Å². The van der Waals surface area contributed by atoms with E-state index in [0.717, 1.165) is 11.1 Å². The first-order chi connectivity index (χ1) is 15.2. The third kappa shape index (κ3) is 6.04. The van der Waals surface area contributed by atoms with Crippen LogP contribution in [0.2, 0.25) is 0 Å². The highest BCUT2D eigenvalue weighted by Crippen LogP contribution is 2.23. The Bertz CT molecular complexity index is 1210. The maximum Gasteiger partial charge on any atom is 0.336 e. The van der Waals surface area contributed by atoms with Gasteiger partial charge in [-0.15, -0.1) is 0 Å². The number of carbonyl (C=O) groups is 3. The zero-order valence-corrected chi connectivity index (χ0v) is 18.1. The largest absolute Gasteiger partial charge is 0.461 e. The van der Waals surface area contributed by atoms with Gasteiger partial charge in [0.15, 0.2) is 0 Å². The second kappa shape index (κ2) is 9.91. The van der Waals surface area contributed by atoms with Crippen LogP contribution in [0.3, 0.4) is 0 Å². The van der Waals surface area contributed by atoms with E-state index < -0.39 is 17.6 Å². The van der Waals surface area contributed by atoms with E-state index in [1.165, 1.54) is 26.0 Å². The van der Waals surface area contributed by atoms with Crippen molar-refractivity contribution in [3.63, 3.8) is 0 Å². The predicted molar refractivity (Wildman–Crippen MR) is 119 cm³/mol. The summed E-state index contributed by atoms with van der Waals surface area (Å²) in [5.74, 6) is -1.04. The number of rotatable bonds is 7. The van der Waals surface area contributed by atoms with Crippen molar-refractivity contribution in [3.05, 3.63) is 75.6 Å². The standard InChI is InChI=1S/C24H24N2O6/c1-14-4-6-17(7-5-14)21(26-16(3)28)12-23(29)31-13-18-10-24(30)32-22-11-19(25-15(2)27)8-9-20(18)22/h4-11,21H,12-13H2,1-3H3,(H,25,27)(H,26,28). The van der Waals surface area contributed by atoms with Crippen molar-refractivity contribution in [2.45, 2.75) is 39.8 Å². The Morgan fingerprint density at radius 1 is 1.00 bits per heavy atom. The molecule has 0 spiro atoms. The van der Waals surface area contributed by atoms with Crippen LogP contribution in [0, 0.1) is 6.92 Å². The minimum absolute atomic E-state index is 0.0608. The van der Waals surface area contributed by atoms with Gasteiger partial charge in [0.1, 0.15) is 12.2 Å². The van der Waals surface area contributed by atoms with E-state index in [1.54, 1.807) is 12.1 Å². The molecule has 3 rings (SSSR count). The van der Waals surface area contributed by atoms with E-state index in [9.17, 15) is 19.2 Å². The number of fused-ring (bicyclic) bond motifs is 1. The lowest BCUT2D eigenvalue weighted by molar-refractivity contribution is -0.145. The Morgan fingerprint density at radius 2 is 1.72 bits per heavy atom. The molecule has 1 aromatic heterocycles. The van der Waals surface area contributed by atoms with Crippen LogP contribution in [-0.2, 0) is 25.7 Å². The van der Waals surface area contributed by atoms with Crippen molar-refractivity contribution < 1.29 is 23.5 Å². The van der Waals surface area contributed by atoms with Crippen molar-refractivity contribution in [1.82, 2.24) is 5.32 Å². The molecule has 0 bridgehead atoms. The van der Waals surface area contributed by atoms with Crippen LogP contribution < -0.4 is 16.3 Å². The molecule has 2 amide bonds. The smallest absolute Gasteiger partial charge is 0.336 e. The minimum atomic E-state index is -0.598. The SMILES string of the molecule is CC(=O)Nc1ccc2c(COC(=O)CC(NC(C)=O)c3ccc(C)cc3)cc(=O)oc2c1. The number of anilines is 1. The van der Waals surface area contributed by atoms with E-state index in [1.807, 2.05) is 31.2 Å². The first kappa shape index (κ1) is 22.7. The van der Waals surface area contributed by atoms with Crippen LogP contribution in [0.25, 0.3) is 11.0 Å². The summed E-state index contributed by atoms with van der Waals surface area (Å²) in [6.45, 7) is 4.57. The molecule has 1 heterocycles. The monoisotopic (exact) mass is 436 g/mol. The lowest BCUT2D eigenvalue weighted by atomic mass is 10.0. The molecule has 8 heteroatoms. The van der Waals surface area contributed by atoms with Crippen molar-refractivity contribution in [2.24, 2.45) is 0 Å². The fourth-order valence-electron chi connectivity index (χ4n) is 3.31. The molecule has 2 aromatic carbocycles. The van der Waals surface area contributed by atoms with Crippen LogP contribution in [0.4, 0.5) is 5.69 Å². The van der Waals surface area contributed by atoms with Crippen molar-refractivity contribution in [3.8, 4) is 0 Å². The number of hydrogen-bond acceptors (Lipinski definition) is 6. The van der Waals surface area contributed by atoms with Gasteiger partial charge in [0.05, 0.1) is 12.5 Å². The summed E-state index contributed by atoms with van der Waals surface area (Å²) < 4.78 is 10.6. The number of carbonyl (C=O) groups excluding carboxylic acids is 3. The first-order valence-electron chi connectivity index (χ1n) is 10.0. The Labute approximate surface area is 184 Å². The summed E-state index contributed by atoms with van der Waals surface area (Å²) in [5, 5.41) is 5.97. The lowest BCUT2D eigenvalue weighted by Crippen LogP contribution is -2.28. The van der Waals surface area contributed by atoms with Gasteiger partial charge in [0, 0.05) is 42.6 Å². The number of benzene rings is 2. The summed E-state index contributed by atoms with van der Waals surface area (Å²) in [7, 11) is 0. The van der Waals surface area contributed by atoms with Crippen LogP contribution >= 0.6 is 0 Å². The summed E-state index contributed by atoms with van der Waals surface area (Å²) in [5.41, 5.74) is 2.49. The third-order valence-electron chi connectivity index (χ3n) is 4.77. The lowest BCUT2D eigenvalue weighted by Gasteiger charge is -2.18. The van der Waals surface area contributed by atoms with Crippen LogP contribution in [0.15, 0.2) is 57.7 Å². The number of amides is 2. The summed E-state index contributed by atoms with van der Waals surface area (Å²) in [6.07, 6.45) is -0.0608. The minimum Gasteiger partial charge on any atom is -0.461 e. The molecule has 0 fully saturated rings. The number of aryl methyl sites for hydroxylation is 1. The number of hydrogen-bond donors (Lipinski definition) is 2. The Balaban J connectivity index is 1.75. The fraction of sp³-hybridized carbons (Fsp3) is 0.250. The number of ether oxygens (including phenoxy) is 1. The zero-order chi connectivity index (χ0) is 23.3. The molecule has 0 aliphatic rings. The highest BCUT2D eigenvalue weighted by Gasteiger charge is 2.19. The summed E-state index contributed by atoms with van der Waals surface area (Å²) in [4.78, 5) is 47.3. The Morgan fingerprint density at radius 3 is 2.38 bits per heavy atom. The number of nitrogens with one attached hydrogen (secondary N) is 2. The topological polar surface area (TPSA) is 115 Å². The van der Waals surface area contributed by atoms with Gasteiger partial charge in [0.2, 0.25) is 11.8 Å². The molecule has 2 N–H and O–H groups in total. The molecule has 32 heavy (non-hydrogen) atoms. The highest BCUT2D eigenvalue weighted by molar-refractivity contribution is 5.92. The van der Waals surface area contributed by atoms with E-state index in [2.05, 4.69) is 10.6 Å². The second-order valence-corrected chi connectivity index (χ2v) is 7.51. The molecular formula is C24H24N2O6. The van der Waals surface area contributed by atoms with E-state index in [4.69, 9.17) is 9.15 Å². The molecule has 0 saturated heterocycles. The molecule has 0 radical (unpaired) electrons. The van der Waals surface area contributed by atoms with Gasteiger partial charge >= 0.3 is 11.6 Å². The Hall–Kier alpha value is -3.94. The molecule has 1 unspecified atom stereocenters. The molecule has 166 valence electrons. The molecule has 0 saturated carbocycles. The van der Waals surface area contributed by atoms with E-state index in [0.29, 0.717) is 16.6 Å². The summed E-state index contributed by atoms with van der Waals surface area (Å²) >= 11 is 0. The third-order valence-corrected chi connectivity index (χ3v) is 4.77. The van der Waals surface area contributed by atoms with Gasteiger partial charge in [-0.25, -0.2) is 4.79 Å². The number of esters is 1. The van der Waals surface area contributed by atoms with Gasteiger partial charge in [-0.3, -0.25) is 14.4 Å². The van der Waals surface area contributed by atoms with E-state index in [-0.39, 0.29) is 30.4 Å². The summed E-state index contributed by atoms with van der Waals surface area (Å²) in [6, 6.07) is 13.1. The molecule has 0 aliphatic heterocycles. The zero-order valence-electron chi connectivity index (χ0n) is 18.1. The van der Waals surface area contributed by atoms with Gasteiger partial charge in [-0.05, 0) is 24.6 Å². The van der Waals surface area contributed by atoms with Gasteiger partial charge in [-0.2, -0.15) is 0 Å². The quantitative estimate of drug-likeness (QED) is 0.434. The molecule has 8 nitrogen and oxygen atoms in total. The second-order valence-electron chi connectivity index (χ2n) is 7.51. The molecule has 3 aromatic rings. The molecule has 1 atom stereocenters. The molecule has 0 aliphatic carbocycles. The van der Waals surface area contributed by atoms with Crippen molar-refractivity contribution in [2.75, 3.05) is 5.32 Å². The molecular weight excluding hydrogens is 412 g/mol. The normalized spacial score (nSPS) is 11.6. The van der Waals surface area contributed by atoms with Gasteiger partial charge in [-0.1, -0.05) is 29.8 Å². The van der Waals surface area contributed by atoms with Crippen LogP contribution in [-0.4, -0.2) is 17.8 Å². The predicted octanol–water partition coefficient (Wildman–Crippen LogP) is 3.37. The van der Waals surface area contributed by atoms with Crippen molar-refractivity contribution in [1.29, 1.82) is 0 Å². The highest BCUT2D eigenvalue weighted by atomic mass is 16.5. The average Bonchev–Trinajstić information content (AvgIpc) is 2.71. The first-order valence-corrected chi connectivity index (χ1v) is 10.0.